The standard InChI is InChI=1S/C22H26N2O5/c1-15(23-19(22(28)29)14-13-17-9-5-3-6-10-17)20(25)24(16(2)21(26)27)18-11-7-4-8-12-18/h3-12,15-16,19,23H,13-14H2,1-2H3,(H,26,27)(H,28,29)/t15-,16-,19?/m0/s1. The van der Waals surface area contributed by atoms with E-state index in [1.54, 1.807) is 37.3 Å². The van der Waals surface area contributed by atoms with Crippen molar-refractivity contribution in [2.75, 3.05) is 4.90 Å². The van der Waals surface area contributed by atoms with E-state index in [1.807, 2.05) is 30.3 Å². The van der Waals surface area contributed by atoms with Crippen molar-refractivity contribution in [2.24, 2.45) is 0 Å². The number of carboxylic acids is 2. The van der Waals surface area contributed by atoms with Crippen molar-refractivity contribution in [3.63, 3.8) is 0 Å². The van der Waals surface area contributed by atoms with Crippen molar-refractivity contribution in [3.05, 3.63) is 66.2 Å². The zero-order valence-electron chi connectivity index (χ0n) is 16.5. The quantitative estimate of drug-likeness (QED) is 0.568. The third-order valence-electron chi connectivity index (χ3n) is 4.70. The van der Waals surface area contributed by atoms with E-state index in [9.17, 15) is 24.6 Å². The van der Waals surface area contributed by atoms with Gasteiger partial charge in [0, 0.05) is 5.69 Å². The van der Waals surface area contributed by atoms with Crippen LogP contribution in [0.2, 0.25) is 0 Å². The van der Waals surface area contributed by atoms with Crippen LogP contribution in [-0.2, 0) is 20.8 Å². The maximum atomic E-state index is 13.0. The number of hydrogen-bond acceptors (Lipinski definition) is 4. The molecule has 3 atom stereocenters. The molecule has 154 valence electrons. The van der Waals surface area contributed by atoms with Gasteiger partial charge in [-0.3, -0.25) is 19.8 Å². The molecular formula is C22H26N2O5. The van der Waals surface area contributed by atoms with Gasteiger partial charge in [0.2, 0.25) is 5.91 Å². The largest absolute Gasteiger partial charge is 0.480 e. The maximum Gasteiger partial charge on any atom is 0.326 e. The van der Waals surface area contributed by atoms with E-state index in [0.29, 0.717) is 18.5 Å². The Kier molecular flexibility index (Phi) is 7.91. The molecule has 7 nitrogen and oxygen atoms in total. The lowest BCUT2D eigenvalue weighted by Gasteiger charge is -2.30. The first-order valence-corrected chi connectivity index (χ1v) is 9.45. The van der Waals surface area contributed by atoms with Crippen LogP contribution in [0.4, 0.5) is 5.69 Å². The van der Waals surface area contributed by atoms with E-state index in [2.05, 4.69) is 5.32 Å². The molecule has 0 aromatic heterocycles. The SMILES string of the molecule is C[C@H](NC(CCc1ccccc1)C(=O)O)C(=O)N(c1ccccc1)[C@@H](C)C(=O)O. The summed E-state index contributed by atoms with van der Waals surface area (Å²) in [4.78, 5) is 37.4. The zero-order valence-corrected chi connectivity index (χ0v) is 16.5. The Morgan fingerprint density at radius 1 is 0.897 bits per heavy atom. The summed E-state index contributed by atoms with van der Waals surface area (Å²) in [6.07, 6.45) is 0.844. The van der Waals surface area contributed by atoms with Gasteiger partial charge in [-0.1, -0.05) is 48.5 Å². The molecule has 0 aliphatic carbocycles. The van der Waals surface area contributed by atoms with Crippen LogP contribution in [-0.4, -0.2) is 46.2 Å². The Morgan fingerprint density at radius 2 is 1.45 bits per heavy atom. The molecule has 0 heterocycles. The number of para-hydroxylation sites is 1. The number of amides is 1. The normalized spacial score (nSPS) is 13.9. The molecule has 0 aliphatic heterocycles. The Balaban J connectivity index is 2.13. The van der Waals surface area contributed by atoms with E-state index < -0.39 is 36.0 Å². The Bertz CT molecular complexity index is 826. The predicted octanol–water partition coefficient (Wildman–Crippen LogP) is 2.56. The van der Waals surface area contributed by atoms with Gasteiger partial charge in [-0.2, -0.15) is 0 Å². The first-order chi connectivity index (χ1) is 13.8. The highest BCUT2D eigenvalue weighted by atomic mass is 16.4. The van der Waals surface area contributed by atoms with Gasteiger partial charge in [-0.25, -0.2) is 4.79 Å². The van der Waals surface area contributed by atoms with Gasteiger partial charge in [0.15, 0.2) is 0 Å². The van der Waals surface area contributed by atoms with Crippen LogP contribution in [0.3, 0.4) is 0 Å². The number of rotatable bonds is 10. The van der Waals surface area contributed by atoms with Gasteiger partial charge >= 0.3 is 11.9 Å². The van der Waals surface area contributed by atoms with Crippen LogP contribution in [0.5, 0.6) is 0 Å². The van der Waals surface area contributed by atoms with Gasteiger partial charge in [-0.05, 0) is 44.4 Å². The molecule has 0 radical (unpaired) electrons. The predicted molar refractivity (Wildman–Crippen MR) is 110 cm³/mol. The van der Waals surface area contributed by atoms with Crippen LogP contribution >= 0.6 is 0 Å². The van der Waals surface area contributed by atoms with Gasteiger partial charge < -0.3 is 10.2 Å². The minimum atomic E-state index is -1.15. The lowest BCUT2D eigenvalue weighted by molar-refractivity contribution is -0.141. The number of hydrogen-bond donors (Lipinski definition) is 3. The van der Waals surface area contributed by atoms with Crippen LogP contribution in [0, 0.1) is 0 Å². The Morgan fingerprint density at radius 3 is 1.97 bits per heavy atom. The molecule has 2 aromatic carbocycles. The molecular weight excluding hydrogens is 372 g/mol. The van der Waals surface area contributed by atoms with Gasteiger partial charge in [0.05, 0.1) is 6.04 Å². The molecule has 2 rings (SSSR count). The molecule has 0 fully saturated rings. The van der Waals surface area contributed by atoms with Crippen LogP contribution in [0.1, 0.15) is 25.8 Å². The lowest BCUT2D eigenvalue weighted by atomic mass is 10.0. The number of carbonyl (C=O) groups excluding carboxylic acids is 1. The minimum Gasteiger partial charge on any atom is -0.480 e. The number of carboxylic acid groups (broad SMARTS) is 2. The molecule has 0 spiro atoms. The highest BCUT2D eigenvalue weighted by Gasteiger charge is 2.32. The second-order valence-corrected chi connectivity index (χ2v) is 6.86. The molecule has 1 amide bonds. The second-order valence-electron chi connectivity index (χ2n) is 6.86. The summed E-state index contributed by atoms with van der Waals surface area (Å²) in [6.45, 7) is 2.97. The van der Waals surface area contributed by atoms with Crippen molar-refractivity contribution in [1.29, 1.82) is 0 Å². The first kappa shape index (κ1) is 22.1. The maximum absolute atomic E-state index is 13.0. The number of anilines is 1. The fourth-order valence-corrected chi connectivity index (χ4v) is 3.06. The Hall–Kier alpha value is -3.19. The average molecular weight is 398 g/mol. The average Bonchev–Trinajstić information content (AvgIpc) is 2.72. The summed E-state index contributed by atoms with van der Waals surface area (Å²) < 4.78 is 0. The zero-order chi connectivity index (χ0) is 21.4. The summed E-state index contributed by atoms with van der Waals surface area (Å²) in [5.41, 5.74) is 1.45. The summed E-state index contributed by atoms with van der Waals surface area (Å²) in [6, 6.07) is 15.1. The third kappa shape index (κ3) is 6.15. The van der Waals surface area contributed by atoms with Crippen molar-refractivity contribution >= 4 is 23.5 Å². The van der Waals surface area contributed by atoms with E-state index in [4.69, 9.17) is 0 Å². The van der Waals surface area contributed by atoms with Gasteiger partial charge in [-0.15, -0.1) is 0 Å². The van der Waals surface area contributed by atoms with Crippen molar-refractivity contribution in [1.82, 2.24) is 5.32 Å². The van der Waals surface area contributed by atoms with Gasteiger partial charge in [0.25, 0.3) is 0 Å². The smallest absolute Gasteiger partial charge is 0.326 e. The van der Waals surface area contributed by atoms with Crippen molar-refractivity contribution in [3.8, 4) is 0 Å². The molecule has 1 unspecified atom stereocenters. The van der Waals surface area contributed by atoms with E-state index in [-0.39, 0.29) is 0 Å². The highest BCUT2D eigenvalue weighted by molar-refractivity contribution is 6.01. The van der Waals surface area contributed by atoms with Crippen molar-refractivity contribution < 1.29 is 24.6 Å². The number of aliphatic carboxylic acids is 2. The van der Waals surface area contributed by atoms with E-state index >= 15 is 0 Å². The second kappa shape index (κ2) is 10.4. The number of nitrogens with zero attached hydrogens (tertiary/aromatic N) is 1. The molecule has 0 saturated carbocycles. The molecule has 2 aromatic rings. The monoisotopic (exact) mass is 398 g/mol. The summed E-state index contributed by atoms with van der Waals surface area (Å²) in [7, 11) is 0. The molecule has 29 heavy (non-hydrogen) atoms. The number of aryl methyl sites for hydroxylation is 1. The summed E-state index contributed by atoms with van der Waals surface area (Å²) in [5.74, 6) is -2.71. The summed E-state index contributed by atoms with van der Waals surface area (Å²) >= 11 is 0. The topological polar surface area (TPSA) is 107 Å². The fraction of sp³-hybridized carbons (Fsp3) is 0.318. The number of nitrogens with one attached hydrogen (secondary N) is 1. The highest BCUT2D eigenvalue weighted by Crippen LogP contribution is 2.18. The number of carbonyl (C=O) groups is 3. The molecule has 7 heteroatoms. The Labute approximate surface area is 170 Å². The van der Waals surface area contributed by atoms with Crippen LogP contribution < -0.4 is 10.2 Å². The van der Waals surface area contributed by atoms with E-state index in [1.165, 1.54) is 11.8 Å². The third-order valence-corrected chi connectivity index (χ3v) is 4.70. The van der Waals surface area contributed by atoms with Gasteiger partial charge in [0.1, 0.15) is 12.1 Å². The molecule has 0 saturated heterocycles. The fourth-order valence-electron chi connectivity index (χ4n) is 3.06. The first-order valence-electron chi connectivity index (χ1n) is 9.45. The van der Waals surface area contributed by atoms with Crippen LogP contribution in [0.15, 0.2) is 60.7 Å². The number of benzene rings is 2. The summed E-state index contributed by atoms with van der Waals surface area (Å²) in [5, 5.41) is 21.8. The molecule has 3 N–H and O–H groups in total. The minimum absolute atomic E-state index is 0.302. The van der Waals surface area contributed by atoms with Crippen LogP contribution in [0.25, 0.3) is 0 Å². The lowest BCUT2D eigenvalue weighted by Crippen LogP contribution is -2.54. The van der Waals surface area contributed by atoms with Crippen molar-refractivity contribution in [2.45, 2.75) is 44.8 Å². The molecule has 0 bridgehead atoms. The van der Waals surface area contributed by atoms with E-state index in [0.717, 1.165) is 5.56 Å². The molecule has 0 aliphatic rings.